The second-order valence-electron chi connectivity index (χ2n) is 5.39. The summed E-state index contributed by atoms with van der Waals surface area (Å²) in [4.78, 5) is 11.9. The minimum absolute atomic E-state index is 0.324. The standard InChI is InChI=1S/C20H24O4/c1-2-3-14-22-15-7-16-23-20(21)17-10-12-19(13-11-17)24-18-8-5-4-6-9-18/h4-6,8-13H,2-3,7,14-16H2,1H3. The fraction of sp³-hybridized carbons (Fsp3) is 0.350. The molecule has 0 amide bonds. The van der Waals surface area contributed by atoms with Gasteiger partial charge in [0, 0.05) is 19.6 Å². The van der Waals surface area contributed by atoms with Crippen LogP contribution in [0.4, 0.5) is 0 Å². The van der Waals surface area contributed by atoms with Crippen molar-refractivity contribution in [1.29, 1.82) is 0 Å². The Morgan fingerprint density at radius 3 is 2.21 bits per heavy atom. The van der Waals surface area contributed by atoms with Crippen LogP contribution in [-0.2, 0) is 9.47 Å². The third-order valence-electron chi connectivity index (χ3n) is 3.38. The smallest absolute Gasteiger partial charge is 0.338 e. The van der Waals surface area contributed by atoms with Crippen molar-refractivity contribution in [1.82, 2.24) is 0 Å². The van der Waals surface area contributed by atoms with Crippen molar-refractivity contribution >= 4 is 5.97 Å². The Morgan fingerprint density at radius 1 is 0.833 bits per heavy atom. The van der Waals surface area contributed by atoms with Gasteiger partial charge in [0.15, 0.2) is 0 Å². The zero-order chi connectivity index (χ0) is 17.0. The summed E-state index contributed by atoms with van der Waals surface area (Å²) in [6.45, 7) is 3.89. The van der Waals surface area contributed by atoms with Gasteiger partial charge in [-0.1, -0.05) is 31.5 Å². The molecule has 0 spiro atoms. The van der Waals surface area contributed by atoms with Crippen molar-refractivity contribution in [3.8, 4) is 11.5 Å². The van der Waals surface area contributed by atoms with Gasteiger partial charge in [-0.2, -0.15) is 0 Å². The van der Waals surface area contributed by atoms with Crippen molar-refractivity contribution in [3.63, 3.8) is 0 Å². The normalized spacial score (nSPS) is 10.4. The van der Waals surface area contributed by atoms with Crippen LogP contribution in [0.1, 0.15) is 36.5 Å². The van der Waals surface area contributed by atoms with Gasteiger partial charge in [-0.25, -0.2) is 4.79 Å². The molecule has 0 saturated carbocycles. The van der Waals surface area contributed by atoms with Gasteiger partial charge in [-0.15, -0.1) is 0 Å². The summed E-state index contributed by atoms with van der Waals surface area (Å²) in [6, 6.07) is 16.4. The summed E-state index contributed by atoms with van der Waals surface area (Å²) >= 11 is 0. The lowest BCUT2D eigenvalue weighted by atomic mass is 10.2. The first-order chi connectivity index (χ1) is 11.8. The predicted octanol–water partition coefficient (Wildman–Crippen LogP) is 4.84. The third-order valence-corrected chi connectivity index (χ3v) is 3.38. The topological polar surface area (TPSA) is 44.8 Å². The Kier molecular flexibility index (Phi) is 7.84. The molecule has 0 N–H and O–H groups in total. The van der Waals surface area contributed by atoms with E-state index in [-0.39, 0.29) is 5.97 Å². The highest BCUT2D eigenvalue weighted by Gasteiger charge is 2.07. The monoisotopic (exact) mass is 328 g/mol. The Bertz CT molecular complexity index is 593. The summed E-state index contributed by atoms with van der Waals surface area (Å²) in [6.07, 6.45) is 2.90. The Morgan fingerprint density at radius 2 is 1.50 bits per heavy atom. The number of rotatable bonds is 10. The average molecular weight is 328 g/mol. The van der Waals surface area contributed by atoms with Crippen LogP contribution in [0.15, 0.2) is 54.6 Å². The molecule has 0 aromatic heterocycles. The second kappa shape index (κ2) is 10.4. The van der Waals surface area contributed by atoms with Crippen LogP contribution >= 0.6 is 0 Å². The molecule has 0 radical (unpaired) electrons. The Hall–Kier alpha value is -2.33. The van der Waals surface area contributed by atoms with Gasteiger partial charge in [-0.3, -0.25) is 0 Å². The van der Waals surface area contributed by atoms with E-state index in [9.17, 15) is 4.79 Å². The van der Waals surface area contributed by atoms with Gasteiger partial charge >= 0.3 is 5.97 Å². The highest BCUT2D eigenvalue weighted by atomic mass is 16.5. The minimum atomic E-state index is -0.324. The first-order valence-electron chi connectivity index (χ1n) is 8.37. The fourth-order valence-electron chi connectivity index (χ4n) is 2.04. The van der Waals surface area contributed by atoms with Crippen LogP contribution in [-0.4, -0.2) is 25.8 Å². The molecule has 0 aliphatic rings. The molecule has 4 nitrogen and oxygen atoms in total. The van der Waals surface area contributed by atoms with E-state index < -0.39 is 0 Å². The van der Waals surface area contributed by atoms with Crippen LogP contribution in [0, 0.1) is 0 Å². The molecule has 0 unspecified atom stereocenters. The number of unbranched alkanes of at least 4 members (excludes halogenated alkanes) is 1. The molecular weight excluding hydrogens is 304 g/mol. The molecular formula is C20H24O4. The lowest BCUT2D eigenvalue weighted by molar-refractivity contribution is 0.0444. The molecule has 0 bridgehead atoms. The molecule has 0 atom stereocenters. The molecule has 128 valence electrons. The number of benzene rings is 2. The molecule has 2 aromatic carbocycles. The molecule has 0 heterocycles. The van der Waals surface area contributed by atoms with Gasteiger partial charge in [-0.05, 0) is 42.8 Å². The van der Waals surface area contributed by atoms with Crippen molar-refractivity contribution in [3.05, 3.63) is 60.2 Å². The van der Waals surface area contributed by atoms with E-state index >= 15 is 0 Å². The quantitative estimate of drug-likeness (QED) is 0.462. The number of carbonyl (C=O) groups is 1. The summed E-state index contributed by atoms with van der Waals surface area (Å²) in [5.41, 5.74) is 0.516. The molecule has 2 aromatic rings. The fourth-order valence-corrected chi connectivity index (χ4v) is 2.04. The lowest BCUT2D eigenvalue weighted by Crippen LogP contribution is -2.08. The summed E-state index contributed by atoms with van der Waals surface area (Å²) in [7, 11) is 0. The maximum absolute atomic E-state index is 11.9. The molecule has 0 aliphatic carbocycles. The molecule has 0 saturated heterocycles. The van der Waals surface area contributed by atoms with Gasteiger partial charge in [0.25, 0.3) is 0 Å². The van der Waals surface area contributed by atoms with Crippen molar-refractivity contribution in [2.75, 3.05) is 19.8 Å². The van der Waals surface area contributed by atoms with E-state index in [4.69, 9.17) is 14.2 Å². The van der Waals surface area contributed by atoms with E-state index in [1.165, 1.54) is 0 Å². The Balaban J connectivity index is 1.71. The maximum atomic E-state index is 11.9. The van der Waals surface area contributed by atoms with E-state index in [2.05, 4.69) is 6.92 Å². The Labute approximate surface area is 143 Å². The SMILES string of the molecule is CCCCOCCCOC(=O)c1ccc(Oc2ccccc2)cc1. The average Bonchev–Trinajstić information content (AvgIpc) is 2.62. The van der Waals surface area contributed by atoms with Crippen LogP contribution in [0.5, 0.6) is 11.5 Å². The van der Waals surface area contributed by atoms with Crippen LogP contribution in [0.3, 0.4) is 0 Å². The van der Waals surface area contributed by atoms with E-state index in [0.29, 0.717) is 30.9 Å². The summed E-state index contributed by atoms with van der Waals surface area (Å²) < 4.78 is 16.3. The largest absolute Gasteiger partial charge is 0.462 e. The van der Waals surface area contributed by atoms with Crippen LogP contribution in [0.25, 0.3) is 0 Å². The lowest BCUT2D eigenvalue weighted by Gasteiger charge is -2.07. The number of esters is 1. The van der Waals surface area contributed by atoms with Crippen molar-refractivity contribution < 1.29 is 19.0 Å². The van der Waals surface area contributed by atoms with Gasteiger partial charge < -0.3 is 14.2 Å². The molecule has 0 aliphatic heterocycles. The zero-order valence-electron chi connectivity index (χ0n) is 14.1. The van der Waals surface area contributed by atoms with Crippen molar-refractivity contribution in [2.24, 2.45) is 0 Å². The van der Waals surface area contributed by atoms with Crippen molar-refractivity contribution in [2.45, 2.75) is 26.2 Å². The zero-order valence-corrected chi connectivity index (χ0v) is 14.1. The minimum Gasteiger partial charge on any atom is -0.462 e. The highest BCUT2D eigenvalue weighted by molar-refractivity contribution is 5.89. The van der Waals surface area contributed by atoms with Crippen LogP contribution in [0.2, 0.25) is 0 Å². The molecule has 4 heteroatoms. The number of hydrogen-bond acceptors (Lipinski definition) is 4. The number of carbonyl (C=O) groups excluding carboxylic acids is 1. The first-order valence-corrected chi connectivity index (χ1v) is 8.37. The second-order valence-corrected chi connectivity index (χ2v) is 5.39. The maximum Gasteiger partial charge on any atom is 0.338 e. The third kappa shape index (κ3) is 6.42. The van der Waals surface area contributed by atoms with Gasteiger partial charge in [0.05, 0.1) is 12.2 Å². The van der Waals surface area contributed by atoms with E-state index in [0.717, 1.165) is 25.2 Å². The van der Waals surface area contributed by atoms with Crippen LogP contribution < -0.4 is 4.74 Å². The molecule has 24 heavy (non-hydrogen) atoms. The van der Waals surface area contributed by atoms with E-state index in [1.54, 1.807) is 24.3 Å². The van der Waals surface area contributed by atoms with Gasteiger partial charge in [0.1, 0.15) is 11.5 Å². The summed E-state index contributed by atoms with van der Waals surface area (Å²) in [5.74, 6) is 1.12. The number of ether oxygens (including phenoxy) is 3. The molecule has 0 fully saturated rings. The first kappa shape index (κ1) is 18.0. The molecule has 2 rings (SSSR count). The number of hydrogen-bond donors (Lipinski definition) is 0. The predicted molar refractivity (Wildman–Crippen MR) is 93.6 cm³/mol. The summed E-state index contributed by atoms with van der Waals surface area (Å²) in [5, 5.41) is 0. The van der Waals surface area contributed by atoms with Gasteiger partial charge in [0.2, 0.25) is 0 Å². The van der Waals surface area contributed by atoms with E-state index in [1.807, 2.05) is 30.3 Å². The highest BCUT2D eigenvalue weighted by Crippen LogP contribution is 2.21. The number of para-hydroxylation sites is 1.